The zero-order valence-electron chi connectivity index (χ0n) is 12.3. The van der Waals surface area contributed by atoms with Crippen molar-refractivity contribution < 1.29 is 9.94 Å². The number of hydrogen-bond acceptors (Lipinski definition) is 4. The lowest BCUT2D eigenvalue weighted by molar-refractivity contribution is -0.130. The number of benzene rings is 1. The van der Waals surface area contributed by atoms with Gasteiger partial charge in [-0.1, -0.05) is 29.4 Å². The number of hydrogen-bond donors (Lipinski definition) is 2. The molecule has 0 bridgehead atoms. The third kappa shape index (κ3) is 3.71. The number of ether oxygens (including phenoxy) is 1. The molecule has 0 aromatic heterocycles. The lowest BCUT2D eigenvalue weighted by Gasteiger charge is -2.41. The highest BCUT2D eigenvalue weighted by atomic mass is 16.5. The van der Waals surface area contributed by atoms with Crippen molar-refractivity contribution in [3.63, 3.8) is 0 Å². The zero-order valence-corrected chi connectivity index (χ0v) is 12.3. The van der Waals surface area contributed by atoms with Crippen LogP contribution in [-0.2, 0) is 11.3 Å². The molecule has 1 atom stereocenters. The van der Waals surface area contributed by atoms with Crippen LogP contribution in [0.25, 0.3) is 0 Å². The average molecular weight is 277 g/mol. The number of oxime groups is 1. The maximum absolute atomic E-state index is 8.65. The highest BCUT2D eigenvalue weighted by Gasteiger charge is 2.30. The van der Waals surface area contributed by atoms with Crippen molar-refractivity contribution >= 4 is 5.84 Å². The first-order chi connectivity index (χ1) is 9.39. The minimum Gasteiger partial charge on any atom is -0.409 e. The molecular formula is C15H23N3O2. The summed E-state index contributed by atoms with van der Waals surface area (Å²) in [6.45, 7) is 9.09. The zero-order chi connectivity index (χ0) is 14.8. The van der Waals surface area contributed by atoms with Gasteiger partial charge in [-0.25, -0.2) is 0 Å². The molecule has 1 fully saturated rings. The Morgan fingerprint density at radius 3 is 2.65 bits per heavy atom. The lowest BCUT2D eigenvalue weighted by atomic mass is 10.0. The van der Waals surface area contributed by atoms with Crippen LogP contribution in [-0.4, -0.2) is 40.7 Å². The van der Waals surface area contributed by atoms with Crippen LogP contribution in [0.4, 0.5) is 0 Å². The van der Waals surface area contributed by atoms with Crippen molar-refractivity contribution in [2.45, 2.75) is 39.0 Å². The Morgan fingerprint density at radius 1 is 1.45 bits per heavy atom. The Balaban J connectivity index is 2.03. The van der Waals surface area contributed by atoms with Crippen LogP contribution in [0, 0.1) is 0 Å². The molecule has 0 aliphatic carbocycles. The molecule has 1 saturated heterocycles. The molecule has 20 heavy (non-hydrogen) atoms. The number of nitrogens with two attached hydrogens (primary N) is 1. The first kappa shape index (κ1) is 14.8. The van der Waals surface area contributed by atoms with Gasteiger partial charge in [-0.3, -0.25) is 4.90 Å². The molecule has 1 aromatic rings. The second-order valence-corrected chi connectivity index (χ2v) is 6.04. The number of nitrogens with zero attached hydrogens (tertiary/aromatic N) is 2. The van der Waals surface area contributed by atoms with Crippen LogP contribution in [0.15, 0.2) is 29.4 Å². The maximum Gasteiger partial charge on any atom is 0.170 e. The van der Waals surface area contributed by atoms with Gasteiger partial charge in [0.15, 0.2) is 5.84 Å². The topological polar surface area (TPSA) is 71.1 Å². The van der Waals surface area contributed by atoms with E-state index in [2.05, 4.69) is 30.8 Å². The van der Waals surface area contributed by atoms with Crippen molar-refractivity contribution in [1.82, 2.24) is 4.90 Å². The first-order valence-electron chi connectivity index (χ1n) is 6.86. The average Bonchev–Trinajstić information content (AvgIpc) is 2.36. The van der Waals surface area contributed by atoms with Crippen LogP contribution in [0.2, 0.25) is 0 Å². The molecule has 0 saturated carbocycles. The number of amidine groups is 1. The van der Waals surface area contributed by atoms with E-state index in [1.807, 2.05) is 24.3 Å². The number of rotatable bonds is 3. The van der Waals surface area contributed by atoms with Gasteiger partial charge in [-0.15, -0.1) is 0 Å². The van der Waals surface area contributed by atoms with Crippen LogP contribution in [0.1, 0.15) is 31.9 Å². The molecule has 0 amide bonds. The Bertz CT molecular complexity index is 482. The first-order valence-corrected chi connectivity index (χ1v) is 6.86. The van der Waals surface area contributed by atoms with E-state index in [0.717, 1.165) is 25.2 Å². The van der Waals surface area contributed by atoms with Gasteiger partial charge < -0.3 is 15.7 Å². The third-order valence-electron chi connectivity index (χ3n) is 3.40. The molecule has 1 aromatic carbocycles. The summed E-state index contributed by atoms with van der Waals surface area (Å²) in [5, 5.41) is 11.6. The van der Waals surface area contributed by atoms with Gasteiger partial charge in [0.2, 0.25) is 0 Å². The van der Waals surface area contributed by atoms with Crippen LogP contribution in [0.5, 0.6) is 0 Å². The van der Waals surface area contributed by atoms with Gasteiger partial charge in [-0.05, 0) is 26.3 Å². The standard InChI is InChI=1S/C15H23N3O2/c1-11-8-18(10-15(2,3)20-11)9-12-4-6-13(7-5-12)14(16)17-19/h4-7,11,19H,8-10H2,1-3H3,(H2,16,17). The molecule has 5 nitrogen and oxygen atoms in total. The Labute approximate surface area is 120 Å². The van der Waals surface area contributed by atoms with Gasteiger partial charge in [0.1, 0.15) is 0 Å². The van der Waals surface area contributed by atoms with Gasteiger partial charge in [-0.2, -0.15) is 0 Å². The summed E-state index contributed by atoms with van der Waals surface area (Å²) < 4.78 is 5.90. The van der Waals surface area contributed by atoms with Crippen LogP contribution < -0.4 is 5.73 Å². The van der Waals surface area contributed by atoms with Gasteiger partial charge in [0.25, 0.3) is 0 Å². The Kier molecular flexibility index (Phi) is 4.30. The molecular weight excluding hydrogens is 254 g/mol. The number of morpholine rings is 1. The quantitative estimate of drug-likeness (QED) is 0.382. The lowest BCUT2D eigenvalue weighted by Crippen LogP contribution is -2.51. The summed E-state index contributed by atoms with van der Waals surface area (Å²) in [6, 6.07) is 7.78. The molecule has 2 rings (SSSR count). The molecule has 1 unspecified atom stereocenters. The van der Waals surface area contributed by atoms with Crippen molar-refractivity contribution in [3.05, 3.63) is 35.4 Å². The van der Waals surface area contributed by atoms with E-state index in [-0.39, 0.29) is 17.5 Å². The van der Waals surface area contributed by atoms with E-state index in [9.17, 15) is 0 Å². The fraction of sp³-hybridized carbons (Fsp3) is 0.533. The maximum atomic E-state index is 8.65. The molecule has 1 aliphatic rings. The van der Waals surface area contributed by atoms with E-state index in [1.54, 1.807) is 0 Å². The fourth-order valence-electron chi connectivity index (χ4n) is 2.80. The summed E-state index contributed by atoms with van der Waals surface area (Å²) in [6.07, 6.45) is 0.246. The van der Waals surface area contributed by atoms with E-state index in [4.69, 9.17) is 15.7 Å². The fourth-order valence-corrected chi connectivity index (χ4v) is 2.80. The SMILES string of the molecule is CC1CN(Cc2ccc(C(N)=NO)cc2)CC(C)(C)O1. The smallest absolute Gasteiger partial charge is 0.170 e. The minimum atomic E-state index is -0.106. The van der Waals surface area contributed by atoms with Crippen LogP contribution in [0.3, 0.4) is 0 Å². The summed E-state index contributed by atoms with van der Waals surface area (Å²) in [5.41, 5.74) is 7.39. The summed E-state index contributed by atoms with van der Waals surface area (Å²) in [4.78, 5) is 2.40. The highest BCUT2D eigenvalue weighted by molar-refractivity contribution is 5.96. The van der Waals surface area contributed by atoms with Crippen molar-refractivity contribution in [1.29, 1.82) is 0 Å². The molecule has 1 heterocycles. The van der Waals surface area contributed by atoms with Crippen LogP contribution >= 0.6 is 0 Å². The second-order valence-electron chi connectivity index (χ2n) is 6.04. The molecule has 1 aliphatic heterocycles. The van der Waals surface area contributed by atoms with Gasteiger partial charge in [0.05, 0.1) is 11.7 Å². The van der Waals surface area contributed by atoms with Crippen molar-refractivity contribution in [2.24, 2.45) is 10.9 Å². The van der Waals surface area contributed by atoms with Gasteiger partial charge >= 0.3 is 0 Å². The second kappa shape index (κ2) is 5.81. The molecule has 5 heteroatoms. The third-order valence-corrected chi connectivity index (χ3v) is 3.40. The summed E-state index contributed by atoms with van der Waals surface area (Å²) in [7, 11) is 0. The normalized spacial score (nSPS) is 23.8. The van der Waals surface area contributed by atoms with E-state index >= 15 is 0 Å². The minimum absolute atomic E-state index is 0.106. The Hall–Kier alpha value is -1.59. The largest absolute Gasteiger partial charge is 0.409 e. The Morgan fingerprint density at radius 2 is 2.10 bits per heavy atom. The molecule has 110 valence electrons. The monoisotopic (exact) mass is 277 g/mol. The predicted octanol–water partition coefficient (Wildman–Crippen LogP) is 1.78. The van der Waals surface area contributed by atoms with Crippen molar-refractivity contribution in [2.75, 3.05) is 13.1 Å². The van der Waals surface area contributed by atoms with Gasteiger partial charge in [0, 0.05) is 25.2 Å². The highest BCUT2D eigenvalue weighted by Crippen LogP contribution is 2.22. The van der Waals surface area contributed by atoms with E-state index in [0.29, 0.717) is 0 Å². The molecule has 0 radical (unpaired) electrons. The van der Waals surface area contributed by atoms with Crippen molar-refractivity contribution in [3.8, 4) is 0 Å². The predicted molar refractivity (Wildman–Crippen MR) is 78.9 cm³/mol. The summed E-state index contributed by atoms with van der Waals surface area (Å²) in [5.74, 6) is 0.137. The summed E-state index contributed by atoms with van der Waals surface area (Å²) >= 11 is 0. The molecule has 3 N–H and O–H groups in total. The van der Waals surface area contributed by atoms with E-state index in [1.165, 1.54) is 5.56 Å². The molecule has 0 spiro atoms. The van der Waals surface area contributed by atoms with E-state index < -0.39 is 0 Å².